The fourth-order valence-electron chi connectivity index (χ4n) is 0.675. The number of para-hydroxylation sites is 1. The summed E-state index contributed by atoms with van der Waals surface area (Å²) in [4.78, 5) is 0. The van der Waals surface area contributed by atoms with Crippen molar-refractivity contribution >= 4 is 18.1 Å². The van der Waals surface area contributed by atoms with Gasteiger partial charge in [0.15, 0.2) is 0 Å². The largest absolute Gasteiger partial charge is 0.320 e. The summed E-state index contributed by atoms with van der Waals surface area (Å²) < 4.78 is 0. The highest BCUT2D eigenvalue weighted by molar-refractivity contribution is 5.85. The molecule has 0 unspecified atom stereocenters. The Morgan fingerprint density at radius 2 is 1.82 bits per heavy atom. The van der Waals surface area contributed by atoms with Crippen molar-refractivity contribution in [2.75, 3.05) is 12.1 Å². The smallest absolute Gasteiger partial charge is 0.0613 e. The minimum absolute atomic E-state index is 0. The fourth-order valence-corrected chi connectivity index (χ4v) is 0.675. The zero-order chi connectivity index (χ0) is 7.23. The minimum Gasteiger partial charge on any atom is -0.320 e. The van der Waals surface area contributed by atoms with E-state index in [9.17, 15) is 0 Å². The maximum Gasteiger partial charge on any atom is 0.0613 e. The number of hydrogen-bond donors (Lipinski definition) is 3. The lowest BCUT2D eigenvalue weighted by Crippen LogP contribution is -2.27. The summed E-state index contributed by atoms with van der Waals surface area (Å²) in [6, 6.07) is 9.81. The Bertz CT molecular complexity index is 178. The van der Waals surface area contributed by atoms with E-state index in [0.717, 1.165) is 5.69 Å². The summed E-state index contributed by atoms with van der Waals surface area (Å²) in [7, 11) is 0. The molecule has 3 nitrogen and oxygen atoms in total. The second kappa shape index (κ2) is 5.97. The molecule has 0 fully saturated rings. The molecule has 0 spiro atoms. The molecule has 1 aromatic rings. The molecule has 0 radical (unpaired) electrons. The summed E-state index contributed by atoms with van der Waals surface area (Å²) in [6.45, 7) is 0.425. The zero-order valence-electron chi connectivity index (χ0n) is 6.08. The van der Waals surface area contributed by atoms with Crippen molar-refractivity contribution in [2.24, 2.45) is 5.73 Å². The van der Waals surface area contributed by atoms with Gasteiger partial charge in [0.1, 0.15) is 0 Å². The van der Waals surface area contributed by atoms with Crippen LogP contribution in [0.15, 0.2) is 30.3 Å². The van der Waals surface area contributed by atoms with Crippen LogP contribution in [0.4, 0.5) is 5.69 Å². The zero-order valence-corrected chi connectivity index (χ0v) is 6.90. The van der Waals surface area contributed by atoms with E-state index in [1.54, 1.807) is 0 Å². The van der Waals surface area contributed by atoms with Crippen LogP contribution in [0, 0.1) is 0 Å². The Kier molecular flexibility index (Phi) is 5.56. The standard InChI is InChI=1S/C7H11N3.ClH/c8-6-9-10-7-4-2-1-3-5-7;/h1-5,9-10H,6,8H2;1H. The van der Waals surface area contributed by atoms with E-state index in [1.807, 2.05) is 30.3 Å². The minimum atomic E-state index is 0. The average molecular weight is 174 g/mol. The van der Waals surface area contributed by atoms with E-state index in [0.29, 0.717) is 6.67 Å². The van der Waals surface area contributed by atoms with Gasteiger partial charge in [-0.2, -0.15) is 0 Å². The monoisotopic (exact) mass is 173 g/mol. The molecule has 0 bridgehead atoms. The third kappa shape index (κ3) is 3.83. The summed E-state index contributed by atoms with van der Waals surface area (Å²) in [5, 5.41) is 0. The van der Waals surface area contributed by atoms with Crippen LogP contribution in [0.3, 0.4) is 0 Å². The summed E-state index contributed by atoms with van der Waals surface area (Å²) in [5.41, 5.74) is 11.9. The van der Waals surface area contributed by atoms with Crippen LogP contribution in [-0.2, 0) is 0 Å². The van der Waals surface area contributed by atoms with Crippen molar-refractivity contribution in [1.29, 1.82) is 0 Å². The molecule has 0 heterocycles. The third-order valence-corrected chi connectivity index (χ3v) is 1.11. The summed E-state index contributed by atoms with van der Waals surface area (Å²) in [5.74, 6) is 0. The molecule has 0 aromatic heterocycles. The molecule has 62 valence electrons. The Balaban J connectivity index is 0.000001000. The van der Waals surface area contributed by atoms with E-state index in [1.165, 1.54) is 0 Å². The lowest BCUT2D eigenvalue weighted by molar-refractivity contribution is 0.817. The summed E-state index contributed by atoms with van der Waals surface area (Å²) in [6.07, 6.45) is 0. The van der Waals surface area contributed by atoms with E-state index in [4.69, 9.17) is 5.73 Å². The molecule has 0 saturated heterocycles. The van der Waals surface area contributed by atoms with Crippen molar-refractivity contribution < 1.29 is 0 Å². The van der Waals surface area contributed by atoms with Gasteiger partial charge in [-0.1, -0.05) is 18.2 Å². The molecule has 0 saturated carbocycles. The second-order valence-electron chi connectivity index (χ2n) is 1.87. The van der Waals surface area contributed by atoms with Gasteiger partial charge in [-0.25, -0.2) is 5.43 Å². The van der Waals surface area contributed by atoms with Crippen LogP contribution in [0.25, 0.3) is 0 Å². The molecule has 11 heavy (non-hydrogen) atoms. The molecule has 1 aromatic carbocycles. The fraction of sp³-hybridized carbons (Fsp3) is 0.143. The molecule has 0 amide bonds. The molecule has 0 aliphatic rings. The topological polar surface area (TPSA) is 50.1 Å². The van der Waals surface area contributed by atoms with Gasteiger partial charge in [0.2, 0.25) is 0 Å². The molecule has 4 heteroatoms. The third-order valence-electron chi connectivity index (χ3n) is 1.11. The second-order valence-corrected chi connectivity index (χ2v) is 1.87. The SMILES string of the molecule is Cl.NCNNc1ccccc1. The quantitative estimate of drug-likeness (QED) is 0.471. The van der Waals surface area contributed by atoms with E-state index < -0.39 is 0 Å². The van der Waals surface area contributed by atoms with Crippen LogP contribution in [0.1, 0.15) is 0 Å². The van der Waals surface area contributed by atoms with Crippen molar-refractivity contribution in [1.82, 2.24) is 5.43 Å². The van der Waals surface area contributed by atoms with Gasteiger partial charge in [0.25, 0.3) is 0 Å². The highest BCUT2D eigenvalue weighted by Gasteiger charge is 1.83. The predicted octanol–water partition coefficient (Wildman–Crippen LogP) is 0.941. The van der Waals surface area contributed by atoms with Crippen molar-refractivity contribution in [3.8, 4) is 0 Å². The maximum absolute atomic E-state index is 5.20. The number of hydrazine groups is 1. The predicted molar refractivity (Wildman–Crippen MR) is 49.5 cm³/mol. The number of anilines is 1. The number of benzene rings is 1. The van der Waals surface area contributed by atoms with Gasteiger partial charge in [0, 0.05) is 5.69 Å². The van der Waals surface area contributed by atoms with Gasteiger partial charge < -0.3 is 11.2 Å². The molecule has 0 aliphatic carbocycles. The van der Waals surface area contributed by atoms with Gasteiger partial charge in [-0.3, -0.25) is 0 Å². The van der Waals surface area contributed by atoms with Gasteiger partial charge in [-0.15, -0.1) is 12.4 Å². The van der Waals surface area contributed by atoms with Crippen LogP contribution >= 0.6 is 12.4 Å². The van der Waals surface area contributed by atoms with Crippen LogP contribution in [0.5, 0.6) is 0 Å². The molecular formula is C7H12ClN3. The normalized spacial score (nSPS) is 8.45. The lowest BCUT2D eigenvalue weighted by atomic mass is 10.3. The van der Waals surface area contributed by atoms with E-state index >= 15 is 0 Å². The summed E-state index contributed by atoms with van der Waals surface area (Å²) >= 11 is 0. The maximum atomic E-state index is 5.20. The number of nitrogens with one attached hydrogen (secondary N) is 2. The number of halogens is 1. The highest BCUT2D eigenvalue weighted by atomic mass is 35.5. The van der Waals surface area contributed by atoms with Crippen molar-refractivity contribution in [2.45, 2.75) is 0 Å². The first-order chi connectivity index (χ1) is 4.93. The molecule has 4 N–H and O–H groups in total. The Morgan fingerprint density at radius 3 is 2.36 bits per heavy atom. The molecule has 0 aliphatic heterocycles. The van der Waals surface area contributed by atoms with Crippen LogP contribution in [0.2, 0.25) is 0 Å². The van der Waals surface area contributed by atoms with Gasteiger partial charge >= 0.3 is 0 Å². The van der Waals surface area contributed by atoms with E-state index in [2.05, 4.69) is 10.9 Å². The number of nitrogens with two attached hydrogens (primary N) is 1. The van der Waals surface area contributed by atoms with Crippen LogP contribution in [-0.4, -0.2) is 6.67 Å². The Labute approximate surface area is 72.4 Å². The van der Waals surface area contributed by atoms with Crippen molar-refractivity contribution in [3.63, 3.8) is 0 Å². The van der Waals surface area contributed by atoms with Crippen molar-refractivity contribution in [3.05, 3.63) is 30.3 Å². The Morgan fingerprint density at radius 1 is 1.18 bits per heavy atom. The Hall–Kier alpha value is -0.770. The molecule has 1 rings (SSSR count). The average Bonchev–Trinajstić information content (AvgIpc) is 2.03. The van der Waals surface area contributed by atoms with Gasteiger partial charge in [-0.05, 0) is 12.1 Å². The van der Waals surface area contributed by atoms with Gasteiger partial charge in [0.05, 0.1) is 6.67 Å². The lowest BCUT2D eigenvalue weighted by Gasteiger charge is -2.03. The molecular weight excluding hydrogens is 162 g/mol. The number of rotatable bonds is 3. The first-order valence-corrected chi connectivity index (χ1v) is 3.17. The van der Waals surface area contributed by atoms with Crippen LogP contribution < -0.4 is 16.6 Å². The first kappa shape index (κ1) is 10.2. The first-order valence-electron chi connectivity index (χ1n) is 3.17. The molecule has 0 atom stereocenters. The van der Waals surface area contributed by atoms with E-state index in [-0.39, 0.29) is 12.4 Å². The highest BCUT2D eigenvalue weighted by Crippen LogP contribution is 2.01. The number of hydrogen-bond acceptors (Lipinski definition) is 3.